The second kappa shape index (κ2) is 6.84. The molecule has 1 aromatic heterocycles. The van der Waals surface area contributed by atoms with Crippen molar-refractivity contribution in [3.8, 4) is 28.8 Å². The van der Waals surface area contributed by atoms with Crippen LogP contribution in [0, 0.1) is 0 Å². The minimum absolute atomic E-state index is 0.129. The van der Waals surface area contributed by atoms with Gasteiger partial charge in [0.1, 0.15) is 23.7 Å². The number of benzene rings is 2. The quantitative estimate of drug-likeness (QED) is 0.726. The third-order valence-electron chi connectivity index (χ3n) is 4.09. The summed E-state index contributed by atoms with van der Waals surface area (Å²) < 4.78 is 11.4. The largest absolute Gasteiger partial charge is 0.475 e. The van der Waals surface area contributed by atoms with Crippen molar-refractivity contribution in [1.29, 1.82) is 0 Å². The van der Waals surface area contributed by atoms with Gasteiger partial charge in [0, 0.05) is 18.8 Å². The van der Waals surface area contributed by atoms with Crippen LogP contribution in [0.1, 0.15) is 10.4 Å². The summed E-state index contributed by atoms with van der Waals surface area (Å²) in [5.74, 6) is 2.21. The summed E-state index contributed by atoms with van der Waals surface area (Å²) in [7, 11) is 1.74. The topological polar surface area (TPSA) is 64.6 Å². The Morgan fingerprint density at radius 1 is 1.04 bits per heavy atom. The molecule has 0 aliphatic carbocycles. The monoisotopic (exact) mass is 347 g/mol. The Bertz CT molecular complexity index is 927. The van der Waals surface area contributed by atoms with Crippen molar-refractivity contribution in [3.63, 3.8) is 0 Å². The molecule has 26 heavy (non-hydrogen) atoms. The molecule has 1 aliphatic rings. The molecule has 0 bridgehead atoms. The van der Waals surface area contributed by atoms with Crippen molar-refractivity contribution in [2.75, 3.05) is 20.2 Å². The Labute approximate surface area is 151 Å². The zero-order valence-corrected chi connectivity index (χ0v) is 14.3. The third-order valence-corrected chi connectivity index (χ3v) is 4.09. The van der Waals surface area contributed by atoms with Crippen LogP contribution in [0.25, 0.3) is 11.4 Å². The Morgan fingerprint density at radius 2 is 1.77 bits per heavy atom. The first-order chi connectivity index (χ1) is 12.7. The van der Waals surface area contributed by atoms with Crippen LogP contribution in [-0.4, -0.2) is 41.0 Å². The van der Waals surface area contributed by atoms with E-state index in [0.717, 1.165) is 17.1 Å². The number of para-hydroxylation sites is 1. The van der Waals surface area contributed by atoms with Crippen LogP contribution in [0.15, 0.2) is 60.8 Å². The number of hydrogen-bond acceptors (Lipinski definition) is 5. The zero-order chi connectivity index (χ0) is 17.9. The van der Waals surface area contributed by atoms with Crippen LogP contribution < -0.4 is 9.47 Å². The first kappa shape index (κ1) is 16.1. The van der Waals surface area contributed by atoms with Crippen LogP contribution in [0.3, 0.4) is 0 Å². The van der Waals surface area contributed by atoms with Crippen LogP contribution in [-0.2, 0) is 0 Å². The summed E-state index contributed by atoms with van der Waals surface area (Å²) in [6.07, 6.45) is 1.52. The summed E-state index contributed by atoms with van der Waals surface area (Å²) in [4.78, 5) is 22.6. The summed E-state index contributed by atoms with van der Waals surface area (Å²) in [5.41, 5.74) is 1.21. The van der Waals surface area contributed by atoms with E-state index in [1.807, 2.05) is 54.6 Å². The highest BCUT2D eigenvalue weighted by Gasteiger charge is 2.23. The van der Waals surface area contributed by atoms with Gasteiger partial charge < -0.3 is 14.4 Å². The molecular weight excluding hydrogens is 330 g/mol. The third kappa shape index (κ3) is 3.21. The van der Waals surface area contributed by atoms with Gasteiger partial charge in [0.15, 0.2) is 5.82 Å². The number of fused-ring (bicyclic) bond motifs is 1. The van der Waals surface area contributed by atoms with E-state index in [1.54, 1.807) is 11.9 Å². The molecule has 0 saturated carbocycles. The fourth-order valence-corrected chi connectivity index (χ4v) is 2.65. The molecule has 2 aromatic carbocycles. The lowest BCUT2D eigenvalue weighted by Gasteiger charge is -2.11. The minimum Gasteiger partial charge on any atom is -0.475 e. The number of rotatable bonds is 3. The fraction of sp³-hybridized carbons (Fsp3) is 0.150. The van der Waals surface area contributed by atoms with E-state index in [9.17, 15) is 4.79 Å². The van der Waals surface area contributed by atoms with Gasteiger partial charge in [0.2, 0.25) is 5.88 Å². The van der Waals surface area contributed by atoms with Crippen molar-refractivity contribution < 1.29 is 14.3 Å². The standard InChI is InChI=1S/C20H17N3O3/c1-23-11-12-25-19-17(20(23)24)13-21-18(22-19)14-7-9-16(10-8-14)26-15-5-3-2-4-6-15/h2-10,13H,11-12H2,1H3. The molecule has 0 spiro atoms. The molecular formula is C20H17N3O3. The fourth-order valence-electron chi connectivity index (χ4n) is 2.65. The normalized spacial score (nSPS) is 13.6. The van der Waals surface area contributed by atoms with E-state index in [0.29, 0.717) is 30.4 Å². The molecule has 2 heterocycles. The molecule has 130 valence electrons. The van der Waals surface area contributed by atoms with E-state index in [2.05, 4.69) is 9.97 Å². The van der Waals surface area contributed by atoms with Gasteiger partial charge >= 0.3 is 0 Å². The average molecular weight is 347 g/mol. The molecule has 0 atom stereocenters. The number of ether oxygens (including phenoxy) is 2. The van der Waals surface area contributed by atoms with Crippen molar-refractivity contribution in [2.45, 2.75) is 0 Å². The Hall–Kier alpha value is -3.41. The van der Waals surface area contributed by atoms with Gasteiger partial charge in [0.25, 0.3) is 5.91 Å². The van der Waals surface area contributed by atoms with Gasteiger partial charge in [-0.1, -0.05) is 18.2 Å². The maximum Gasteiger partial charge on any atom is 0.260 e. The molecule has 0 unspecified atom stereocenters. The van der Waals surface area contributed by atoms with Crippen molar-refractivity contribution in [2.24, 2.45) is 0 Å². The lowest BCUT2D eigenvalue weighted by Crippen LogP contribution is -2.27. The maximum atomic E-state index is 12.3. The predicted octanol–water partition coefficient (Wildman–Crippen LogP) is 3.40. The molecule has 0 saturated heterocycles. The highest BCUT2D eigenvalue weighted by Crippen LogP contribution is 2.26. The maximum absolute atomic E-state index is 12.3. The average Bonchev–Trinajstić information content (AvgIpc) is 2.82. The Balaban J connectivity index is 1.58. The molecule has 3 aromatic rings. The number of nitrogens with zero attached hydrogens (tertiary/aromatic N) is 3. The zero-order valence-electron chi connectivity index (χ0n) is 14.3. The van der Waals surface area contributed by atoms with E-state index in [4.69, 9.17) is 9.47 Å². The van der Waals surface area contributed by atoms with Gasteiger partial charge in [0.05, 0.1) is 6.54 Å². The molecule has 1 aliphatic heterocycles. The molecule has 6 nitrogen and oxygen atoms in total. The number of amides is 1. The SMILES string of the molecule is CN1CCOc2nc(-c3ccc(Oc4ccccc4)cc3)ncc2C1=O. The lowest BCUT2D eigenvalue weighted by molar-refractivity contribution is 0.0796. The van der Waals surface area contributed by atoms with Gasteiger partial charge in [-0.05, 0) is 36.4 Å². The Kier molecular flexibility index (Phi) is 4.23. The van der Waals surface area contributed by atoms with Gasteiger partial charge in [-0.2, -0.15) is 4.98 Å². The van der Waals surface area contributed by atoms with E-state index in [1.165, 1.54) is 6.20 Å². The second-order valence-corrected chi connectivity index (χ2v) is 5.93. The lowest BCUT2D eigenvalue weighted by atomic mass is 10.2. The molecule has 1 amide bonds. The number of aromatic nitrogens is 2. The van der Waals surface area contributed by atoms with Gasteiger partial charge in [-0.25, -0.2) is 4.98 Å². The number of likely N-dealkylation sites (N-methyl/N-ethyl adjacent to an activating group) is 1. The van der Waals surface area contributed by atoms with Crippen LogP contribution in [0.5, 0.6) is 17.4 Å². The summed E-state index contributed by atoms with van der Waals surface area (Å²) in [5, 5.41) is 0. The summed E-state index contributed by atoms with van der Waals surface area (Å²) in [6, 6.07) is 17.1. The van der Waals surface area contributed by atoms with Crippen molar-refractivity contribution >= 4 is 5.91 Å². The van der Waals surface area contributed by atoms with Crippen LogP contribution in [0.4, 0.5) is 0 Å². The number of carbonyl (C=O) groups is 1. The van der Waals surface area contributed by atoms with Gasteiger partial charge in [-0.15, -0.1) is 0 Å². The highest BCUT2D eigenvalue weighted by atomic mass is 16.5. The van der Waals surface area contributed by atoms with Gasteiger partial charge in [-0.3, -0.25) is 4.79 Å². The predicted molar refractivity (Wildman–Crippen MR) is 96.4 cm³/mol. The smallest absolute Gasteiger partial charge is 0.260 e. The molecule has 4 rings (SSSR count). The van der Waals surface area contributed by atoms with E-state index >= 15 is 0 Å². The molecule has 0 radical (unpaired) electrons. The number of carbonyl (C=O) groups excluding carboxylic acids is 1. The summed E-state index contributed by atoms with van der Waals surface area (Å²) in [6.45, 7) is 0.936. The van der Waals surface area contributed by atoms with E-state index < -0.39 is 0 Å². The number of hydrogen-bond donors (Lipinski definition) is 0. The first-order valence-corrected chi connectivity index (χ1v) is 8.29. The first-order valence-electron chi connectivity index (χ1n) is 8.29. The summed E-state index contributed by atoms with van der Waals surface area (Å²) >= 11 is 0. The Morgan fingerprint density at radius 3 is 2.54 bits per heavy atom. The van der Waals surface area contributed by atoms with Crippen LogP contribution in [0.2, 0.25) is 0 Å². The van der Waals surface area contributed by atoms with Crippen molar-refractivity contribution in [3.05, 3.63) is 66.4 Å². The molecule has 0 fully saturated rings. The van der Waals surface area contributed by atoms with Crippen LogP contribution >= 0.6 is 0 Å². The highest BCUT2D eigenvalue weighted by molar-refractivity contribution is 5.96. The van der Waals surface area contributed by atoms with Crippen molar-refractivity contribution in [1.82, 2.24) is 14.9 Å². The minimum atomic E-state index is -0.129. The van der Waals surface area contributed by atoms with E-state index in [-0.39, 0.29) is 5.91 Å². The second-order valence-electron chi connectivity index (χ2n) is 5.93. The molecule has 0 N–H and O–H groups in total. The molecule has 6 heteroatoms.